The summed E-state index contributed by atoms with van der Waals surface area (Å²) in [4.78, 5) is 26.0. The second-order valence-corrected chi connectivity index (χ2v) is 6.82. The van der Waals surface area contributed by atoms with Gasteiger partial charge in [0.15, 0.2) is 0 Å². The van der Waals surface area contributed by atoms with E-state index in [0.29, 0.717) is 25.4 Å². The lowest BCUT2D eigenvalue weighted by atomic mass is 9.87. The van der Waals surface area contributed by atoms with Crippen molar-refractivity contribution in [1.82, 2.24) is 20.4 Å². The molecule has 23 heavy (non-hydrogen) atoms. The van der Waals surface area contributed by atoms with Crippen LogP contribution in [0.3, 0.4) is 0 Å². The Balaban J connectivity index is 1.53. The Labute approximate surface area is 135 Å². The molecule has 1 spiro atoms. The molecule has 2 saturated heterocycles. The Kier molecular flexibility index (Phi) is 4.39. The van der Waals surface area contributed by atoms with Crippen LogP contribution in [-0.2, 0) is 9.53 Å². The maximum absolute atomic E-state index is 12.3. The molecule has 0 saturated carbocycles. The second kappa shape index (κ2) is 6.31. The summed E-state index contributed by atoms with van der Waals surface area (Å²) in [7, 11) is 0. The summed E-state index contributed by atoms with van der Waals surface area (Å²) in [5.74, 6) is 0.0444. The molecular formula is C16H24N4O3. The summed E-state index contributed by atoms with van der Waals surface area (Å²) in [6.45, 7) is 5.68. The largest absolute Gasteiger partial charge is 0.373 e. The van der Waals surface area contributed by atoms with Crippen molar-refractivity contribution in [3.05, 3.63) is 18.0 Å². The van der Waals surface area contributed by atoms with Gasteiger partial charge >= 0.3 is 0 Å². The SMILES string of the molecule is CC(C)C(=O)NC1COC2(CCN(C(=O)c3ccn[nH]3)CC2)C1. The number of carbonyl (C=O) groups excluding carboxylic acids is 2. The summed E-state index contributed by atoms with van der Waals surface area (Å²) in [6, 6.07) is 1.77. The highest BCUT2D eigenvalue weighted by Gasteiger charge is 2.44. The fourth-order valence-electron chi connectivity index (χ4n) is 3.32. The van der Waals surface area contributed by atoms with E-state index in [1.165, 1.54) is 0 Å². The predicted octanol–water partition coefficient (Wildman–Crippen LogP) is 0.946. The van der Waals surface area contributed by atoms with Crippen LogP contribution in [0.15, 0.2) is 12.3 Å². The first-order chi connectivity index (χ1) is 11.0. The number of piperidine rings is 1. The van der Waals surface area contributed by atoms with Gasteiger partial charge in [0.1, 0.15) is 5.69 Å². The standard InChI is InChI=1S/C16H24N4O3/c1-11(2)14(21)18-12-9-16(23-10-12)4-7-20(8-5-16)15(22)13-3-6-17-19-13/h3,6,11-12H,4-5,7-10H2,1-2H3,(H,17,19)(H,18,21). The molecular weight excluding hydrogens is 296 g/mol. The van der Waals surface area contributed by atoms with Crippen LogP contribution in [0.4, 0.5) is 0 Å². The molecule has 2 N–H and O–H groups in total. The van der Waals surface area contributed by atoms with E-state index in [1.54, 1.807) is 12.3 Å². The molecule has 7 heteroatoms. The van der Waals surface area contributed by atoms with Crippen LogP contribution in [0.25, 0.3) is 0 Å². The Hall–Kier alpha value is -1.89. The molecule has 1 atom stereocenters. The molecule has 2 amide bonds. The number of hydrogen-bond donors (Lipinski definition) is 2. The van der Waals surface area contributed by atoms with Gasteiger partial charge in [-0.15, -0.1) is 0 Å². The number of hydrogen-bond acceptors (Lipinski definition) is 4. The topological polar surface area (TPSA) is 87.3 Å². The van der Waals surface area contributed by atoms with Gasteiger partial charge in [-0.05, 0) is 25.3 Å². The van der Waals surface area contributed by atoms with Crippen molar-refractivity contribution in [2.45, 2.75) is 44.8 Å². The first-order valence-corrected chi connectivity index (χ1v) is 8.22. The van der Waals surface area contributed by atoms with Crippen LogP contribution in [0, 0.1) is 5.92 Å². The third kappa shape index (κ3) is 3.39. The van der Waals surface area contributed by atoms with Crippen LogP contribution < -0.4 is 5.32 Å². The zero-order chi connectivity index (χ0) is 16.4. The normalized spacial score (nSPS) is 23.4. The van der Waals surface area contributed by atoms with Crippen LogP contribution in [-0.4, -0.2) is 58.3 Å². The quantitative estimate of drug-likeness (QED) is 0.868. The van der Waals surface area contributed by atoms with Gasteiger partial charge in [0, 0.05) is 25.2 Å². The van der Waals surface area contributed by atoms with Gasteiger partial charge < -0.3 is 15.0 Å². The van der Waals surface area contributed by atoms with Crippen molar-refractivity contribution < 1.29 is 14.3 Å². The lowest BCUT2D eigenvalue weighted by Gasteiger charge is -2.38. The van der Waals surface area contributed by atoms with Crippen LogP contribution in [0.1, 0.15) is 43.6 Å². The van der Waals surface area contributed by atoms with Crippen molar-refractivity contribution in [3.63, 3.8) is 0 Å². The van der Waals surface area contributed by atoms with Gasteiger partial charge in [-0.3, -0.25) is 14.7 Å². The molecule has 2 aliphatic rings. The number of H-pyrrole nitrogens is 1. The maximum Gasteiger partial charge on any atom is 0.271 e. The average molecular weight is 320 g/mol. The zero-order valence-electron chi connectivity index (χ0n) is 13.7. The van der Waals surface area contributed by atoms with Crippen LogP contribution >= 0.6 is 0 Å². The second-order valence-electron chi connectivity index (χ2n) is 6.82. The highest BCUT2D eigenvalue weighted by Crippen LogP contribution is 2.36. The summed E-state index contributed by atoms with van der Waals surface area (Å²) in [6.07, 6.45) is 4.03. The van der Waals surface area contributed by atoms with E-state index in [9.17, 15) is 9.59 Å². The zero-order valence-corrected chi connectivity index (χ0v) is 13.7. The maximum atomic E-state index is 12.3. The highest BCUT2D eigenvalue weighted by molar-refractivity contribution is 5.92. The number of aromatic amines is 1. The molecule has 0 aromatic carbocycles. The van der Waals surface area contributed by atoms with E-state index >= 15 is 0 Å². The molecule has 1 aromatic rings. The number of rotatable bonds is 3. The highest BCUT2D eigenvalue weighted by atomic mass is 16.5. The number of nitrogens with zero attached hydrogens (tertiary/aromatic N) is 2. The number of nitrogens with one attached hydrogen (secondary N) is 2. The molecule has 0 bridgehead atoms. The third-order valence-electron chi connectivity index (χ3n) is 4.77. The van der Waals surface area contributed by atoms with Gasteiger partial charge in [-0.25, -0.2) is 0 Å². The molecule has 0 aliphatic carbocycles. The van der Waals surface area contributed by atoms with Crippen molar-refractivity contribution >= 4 is 11.8 Å². The number of amides is 2. The molecule has 2 fully saturated rings. The monoisotopic (exact) mass is 320 g/mol. The fourth-order valence-corrected chi connectivity index (χ4v) is 3.32. The number of carbonyl (C=O) groups is 2. The summed E-state index contributed by atoms with van der Waals surface area (Å²) in [5, 5.41) is 9.59. The molecule has 2 aliphatic heterocycles. The van der Waals surface area contributed by atoms with Crippen molar-refractivity contribution in [1.29, 1.82) is 0 Å². The van der Waals surface area contributed by atoms with Gasteiger partial charge in [0.2, 0.25) is 5.91 Å². The van der Waals surface area contributed by atoms with Crippen LogP contribution in [0.2, 0.25) is 0 Å². The van der Waals surface area contributed by atoms with Crippen molar-refractivity contribution in [2.24, 2.45) is 5.92 Å². The van der Waals surface area contributed by atoms with Crippen LogP contribution in [0.5, 0.6) is 0 Å². The van der Waals surface area contributed by atoms with E-state index < -0.39 is 0 Å². The summed E-state index contributed by atoms with van der Waals surface area (Å²) in [5.41, 5.74) is 0.329. The fraction of sp³-hybridized carbons (Fsp3) is 0.688. The minimum absolute atomic E-state index is 0.0135. The number of likely N-dealkylation sites (tertiary alicyclic amines) is 1. The smallest absolute Gasteiger partial charge is 0.271 e. The van der Waals surface area contributed by atoms with E-state index in [0.717, 1.165) is 19.3 Å². The predicted molar refractivity (Wildman–Crippen MR) is 83.8 cm³/mol. The van der Waals surface area contributed by atoms with E-state index in [4.69, 9.17) is 4.74 Å². The number of aromatic nitrogens is 2. The van der Waals surface area contributed by atoms with Crippen molar-refractivity contribution in [2.75, 3.05) is 19.7 Å². The van der Waals surface area contributed by atoms with Gasteiger partial charge in [0.05, 0.1) is 18.2 Å². The molecule has 3 rings (SSSR count). The average Bonchev–Trinajstić information content (AvgIpc) is 3.18. The Morgan fingerprint density at radius 1 is 1.43 bits per heavy atom. The Morgan fingerprint density at radius 3 is 2.78 bits per heavy atom. The molecule has 0 radical (unpaired) electrons. The molecule has 3 heterocycles. The third-order valence-corrected chi connectivity index (χ3v) is 4.77. The van der Waals surface area contributed by atoms with Gasteiger partial charge in [-0.1, -0.05) is 13.8 Å². The van der Waals surface area contributed by atoms with E-state index in [2.05, 4.69) is 15.5 Å². The van der Waals surface area contributed by atoms with E-state index in [-0.39, 0.29) is 29.4 Å². The lowest BCUT2D eigenvalue weighted by molar-refractivity contribution is -0.124. The minimum atomic E-state index is -0.195. The lowest BCUT2D eigenvalue weighted by Crippen LogP contribution is -2.47. The molecule has 1 unspecified atom stereocenters. The first-order valence-electron chi connectivity index (χ1n) is 8.22. The Morgan fingerprint density at radius 2 is 2.17 bits per heavy atom. The molecule has 1 aromatic heterocycles. The van der Waals surface area contributed by atoms with Crippen molar-refractivity contribution in [3.8, 4) is 0 Å². The summed E-state index contributed by atoms with van der Waals surface area (Å²) >= 11 is 0. The minimum Gasteiger partial charge on any atom is -0.373 e. The Bertz CT molecular complexity index is 562. The van der Waals surface area contributed by atoms with Gasteiger partial charge in [0.25, 0.3) is 5.91 Å². The summed E-state index contributed by atoms with van der Waals surface area (Å²) < 4.78 is 6.02. The van der Waals surface area contributed by atoms with Gasteiger partial charge in [-0.2, -0.15) is 5.10 Å². The first kappa shape index (κ1) is 16.0. The molecule has 7 nitrogen and oxygen atoms in total. The van der Waals surface area contributed by atoms with E-state index in [1.807, 2.05) is 18.7 Å². The number of ether oxygens (including phenoxy) is 1. The molecule has 126 valence electrons.